The van der Waals surface area contributed by atoms with Gasteiger partial charge in [-0.05, 0) is 88.8 Å². The first-order chi connectivity index (χ1) is 30.3. The van der Waals surface area contributed by atoms with Crippen LogP contribution in [0.3, 0.4) is 0 Å². The molecule has 0 unspecified atom stereocenters. The quantitative estimate of drug-likeness (QED) is 0.157. The van der Waals surface area contributed by atoms with E-state index in [4.69, 9.17) is 0 Å². The fourth-order valence-electron chi connectivity index (χ4n) is 9.57. The van der Waals surface area contributed by atoms with Gasteiger partial charge in [0, 0.05) is 55.2 Å². The fraction of sp³-hybridized carbons (Fsp3) is 0. The molecule has 0 N–H and O–H groups in total. The number of aromatic nitrogens is 2. The first-order valence-electron chi connectivity index (χ1n) is 20.9. The summed E-state index contributed by atoms with van der Waals surface area (Å²) >= 11 is 0. The number of benzene rings is 10. The number of anilines is 3. The molecule has 2 aromatic heterocycles. The average molecular weight is 778 g/mol. The van der Waals surface area contributed by atoms with Crippen LogP contribution in [-0.2, 0) is 0 Å². The number of rotatable bonds is 7. The number of fused-ring (bicyclic) bond motifs is 7. The Balaban J connectivity index is 1.19. The van der Waals surface area contributed by atoms with E-state index in [0.717, 1.165) is 34.0 Å². The summed E-state index contributed by atoms with van der Waals surface area (Å²) < 4.78 is 4.89. The van der Waals surface area contributed by atoms with E-state index in [1.165, 1.54) is 71.1 Å². The number of hydrogen-bond donors (Lipinski definition) is 0. The molecule has 0 atom stereocenters. The van der Waals surface area contributed by atoms with Gasteiger partial charge in [-0.3, -0.25) is 0 Å². The van der Waals surface area contributed by atoms with Crippen molar-refractivity contribution in [1.29, 1.82) is 0 Å². The number of nitrogens with zero attached hydrogens (tertiary/aromatic N) is 3. The van der Waals surface area contributed by atoms with Crippen LogP contribution in [0.4, 0.5) is 17.1 Å². The van der Waals surface area contributed by atoms with Gasteiger partial charge in [0.15, 0.2) is 0 Å². The molecule has 0 saturated heterocycles. The largest absolute Gasteiger partial charge is 0.310 e. The van der Waals surface area contributed by atoms with E-state index >= 15 is 0 Å². The van der Waals surface area contributed by atoms with Crippen molar-refractivity contribution < 1.29 is 0 Å². The molecule has 3 nitrogen and oxygen atoms in total. The van der Waals surface area contributed by atoms with Crippen molar-refractivity contribution in [3.05, 3.63) is 237 Å². The van der Waals surface area contributed by atoms with Crippen LogP contribution >= 0.6 is 0 Å². The highest BCUT2D eigenvalue weighted by Crippen LogP contribution is 2.45. The van der Waals surface area contributed by atoms with Crippen LogP contribution in [0.25, 0.3) is 88.0 Å². The smallest absolute Gasteiger partial charge is 0.0619 e. The molecular weight excluding hydrogens is 739 g/mol. The summed E-state index contributed by atoms with van der Waals surface area (Å²) in [6.07, 6.45) is 0. The summed E-state index contributed by atoms with van der Waals surface area (Å²) in [6.45, 7) is 0. The Labute approximate surface area is 354 Å². The second-order valence-electron chi connectivity index (χ2n) is 15.7. The van der Waals surface area contributed by atoms with Crippen molar-refractivity contribution in [3.63, 3.8) is 0 Å². The van der Waals surface area contributed by atoms with Gasteiger partial charge in [-0.25, -0.2) is 0 Å². The Morgan fingerprint density at radius 1 is 0.295 bits per heavy atom. The summed E-state index contributed by atoms with van der Waals surface area (Å²) in [6, 6.07) is 86.1. The molecule has 12 aromatic rings. The lowest BCUT2D eigenvalue weighted by Crippen LogP contribution is -2.11. The van der Waals surface area contributed by atoms with Crippen LogP contribution in [0.2, 0.25) is 0 Å². The first-order valence-corrected chi connectivity index (χ1v) is 20.9. The van der Waals surface area contributed by atoms with Crippen LogP contribution in [0.15, 0.2) is 237 Å². The summed E-state index contributed by atoms with van der Waals surface area (Å²) in [4.78, 5) is 2.45. The summed E-state index contributed by atoms with van der Waals surface area (Å²) in [5, 5.41) is 7.31. The molecule has 10 aromatic carbocycles. The van der Waals surface area contributed by atoms with Crippen LogP contribution < -0.4 is 4.90 Å². The van der Waals surface area contributed by atoms with Crippen molar-refractivity contribution in [2.45, 2.75) is 0 Å². The minimum absolute atomic E-state index is 1.07. The van der Waals surface area contributed by atoms with Crippen molar-refractivity contribution in [2.75, 3.05) is 4.90 Å². The monoisotopic (exact) mass is 777 g/mol. The van der Waals surface area contributed by atoms with Gasteiger partial charge in [-0.15, -0.1) is 0 Å². The molecule has 286 valence electrons. The maximum atomic E-state index is 2.45. The fourth-order valence-corrected chi connectivity index (χ4v) is 9.57. The van der Waals surface area contributed by atoms with E-state index in [1.54, 1.807) is 0 Å². The summed E-state index contributed by atoms with van der Waals surface area (Å²) in [7, 11) is 0. The SMILES string of the molecule is c1ccc(-c2ccc(N(c3cc(-c4cccc5c6ccccc6n(-c6ccccc6)c45)cc(-n4c5ccccc5c5ccccc54)c3)c3cccc4ccccc34)cc2)cc1. The summed E-state index contributed by atoms with van der Waals surface area (Å²) in [5.74, 6) is 0. The molecule has 0 spiro atoms. The Hall–Kier alpha value is -8.14. The Kier molecular flexibility index (Phi) is 8.17. The number of hydrogen-bond acceptors (Lipinski definition) is 1. The van der Waals surface area contributed by atoms with E-state index in [-0.39, 0.29) is 0 Å². The third kappa shape index (κ3) is 5.74. The van der Waals surface area contributed by atoms with E-state index in [0.29, 0.717) is 0 Å². The van der Waals surface area contributed by atoms with E-state index in [1.807, 2.05) is 0 Å². The van der Waals surface area contributed by atoms with E-state index in [9.17, 15) is 0 Å². The Bertz CT molecular complexity index is 3520. The average Bonchev–Trinajstić information content (AvgIpc) is 3.86. The first kappa shape index (κ1) is 34.9. The second kappa shape index (κ2) is 14.3. The molecule has 0 bridgehead atoms. The zero-order valence-electron chi connectivity index (χ0n) is 33.4. The predicted octanol–water partition coefficient (Wildman–Crippen LogP) is 15.8. The van der Waals surface area contributed by atoms with Gasteiger partial charge in [0.25, 0.3) is 0 Å². The molecule has 2 heterocycles. The highest BCUT2D eigenvalue weighted by atomic mass is 15.1. The van der Waals surface area contributed by atoms with Gasteiger partial charge >= 0.3 is 0 Å². The predicted molar refractivity (Wildman–Crippen MR) is 258 cm³/mol. The number of para-hydroxylation sites is 5. The lowest BCUT2D eigenvalue weighted by Gasteiger charge is -2.28. The molecule has 0 aliphatic heterocycles. The minimum atomic E-state index is 1.07. The normalized spacial score (nSPS) is 11.6. The maximum absolute atomic E-state index is 2.45. The molecule has 0 fully saturated rings. The molecular formula is C58H39N3. The van der Waals surface area contributed by atoms with Gasteiger partial charge in [0.05, 0.1) is 27.8 Å². The van der Waals surface area contributed by atoms with Crippen molar-refractivity contribution in [2.24, 2.45) is 0 Å². The van der Waals surface area contributed by atoms with Gasteiger partial charge in [-0.1, -0.05) is 170 Å². The third-order valence-electron chi connectivity index (χ3n) is 12.3. The highest BCUT2D eigenvalue weighted by molar-refractivity contribution is 6.14. The molecule has 3 heteroatoms. The van der Waals surface area contributed by atoms with Gasteiger partial charge in [-0.2, -0.15) is 0 Å². The van der Waals surface area contributed by atoms with Crippen LogP contribution in [0.5, 0.6) is 0 Å². The van der Waals surface area contributed by atoms with Gasteiger partial charge in [0.1, 0.15) is 0 Å². The summed E-state index contributed by atoms with van der Waals surface area (Å²) in [5.41, 5.74) is 14.9. The van der Waals surface area contributed by atoms with E-state index in [2.05, 4.69) is 251 Å². The van der Waals surface area contributed by atoms with Crippen LogP contribution in [0, 0.1) is 0 Å². The van der Waals surface area contributed by atoms with Crippen LogP contribution in [0.1, 0.15) is 0 Å². The lowest BCUT2D eigenvalue weighted by atomic mass is 9.99. The van der Waals surface area contributed by atoms with Crippen molar-refractivity contribution >= 4 is 71.4 Å². The Morgan fingerprint density at radius 3 is 1.52 bits per heavy atom. The van der Waals surface area contributed by atoms with Gasteiger partial charge in [0.2, 0.25) is 0 Å². The molecule has 0 aliphatic carbocycles. The van der Waals surface area contributed by atoms with Crippen LogP contribution in [-0.4, -0.2) is 9.13 Å². The van der Waals surface area contributed by atoms with E-state index < -0.39 is 0 Å². The molecule has 0 amide bonds. The highest BCUT2D eigenvalue weighted by Gasteiger charge is 2.22. The molecule has 61 heavy (non-hydrogen) atoms. The zero-order chi connectivity index (χ0) is 40.3. The van der Waals surface area contributed by atoms with Gasteiger partial charge < -0.3 is 14.0 Å². The molecule has 0 aliphatic rings. The lowest BCUT2D eigenvalue weighted by molar-refractivity contribution is 1.17. The standard InChI is InChI=1S/C58H39N3/c1-3-17-40(18-4-1)41-33-35-45(36-34-41)59(54-32-15-20-42-19-7-8-23-48(42)54)46-37-43(38-47(39-46)60-55-29-12-9-24-50(55)51-25-10-13-30-56(51)60)49-27-16-28-53-52-26-11-14-31-57(52)61(58(49)53)44-21-5-2-6-22-44/h1-39H. The van der Waals surface area contributed by atoms with Crippen molar-refractivity contribution in [3.8, 4) is 33.6 Å². The Morgan fingerprint density at radius 2 is 0.820 bits per heavy atom. The molecule has 0 radical (unpaired) electrons. The third-order valence-corrected chi connectivity index (χ3v) is 12.3. The topological polar surface area (TPSA) is 13.1 Å². The molecule has 0 saturated carbocycles. The second-order valence-corrected chi connectivity index (χ2v) is 15.7. The zero-order valence-corrected chi connectivity index (χ0v) is 33.4. The maximum Gasteiger partial charge on any atom is 0.0619 e. The minimum Gasteiger partial charge on any atom is -0.310 e. The van der Waals surface area contributed by atoms with Crippen molar-refractivity contribution in [1.82, 2.24) is 9.13 Å². The molecule has 12 rings (SSSR count).